The highest BCUT2D eigenvalue weighted by Gasteiger charge is 2.07. The summed E-state index contributed by atoms with van der Waals surface area (Å²) in [6.07, 6.45) is 0.822. The molecule has 0 spiro atoms. The predicted octanol–water partition coefficient (Wildman–Crippen LogP) is 4.34. The van der Waals surface area contributed by atoms with Gasteiger partial charge in [0.2, 0.25) is 11.8 Å². The van der Waals surface area contributed by atoms with E-state index in [9.17, 15) is 9.59 Å². The maximum atomic E-state index is 12.3. The zero-order valence-corrected chi connectivity index (χ0v) is 17.8. The fourth-order valence-electron chi connectivity index (χ4n) is 2.97. The summed E-state index contributed by atoms with van der Waals surface area (Å²) in [5.74, 6) is 0.518. The quantitative estimate of drug-likeness (QED) is 0.543. The van der Waals surface area contributed by atoms with Gasteiger partial charge in [0.25, 0.3) is 0 Å². The van der Waals surface area contributed by atoms with Gasteiger partial charge in [0.05, 0.1) is 13.2 Å². The molecule has 3 aromatic carbocycles. The van der Waals surface area contributed by atoms with Gasteiger partial charge in [-0.15, -0.1) is 0 Å². The van der Waals surface area contributed by atoms with E-state index in [1.165, 1.54) is 12.5 Å². The van der Waals surface area contributed by atoms with E-state index in [0.29, 0.717) is 18.0 Å². The molecule has 0 radical (unpaired) electrons. The first-order valence-corrected chi connectivity index (χ1v) is 10.2. The van der Waals surface area contributed by atoms with E-state index >= 15 is 0 Å². The number of rotatable bonds is 9. The first kappa shape index (κ1) is 21.9. The Morgan fingerprint density at radius 1 is 0.903 bits per heavy atom. The summed E-state index contributed by atoms with van der Waals surface area (Å²) in [5, 5.41) is 5.95. The van der Waals surface area contributed by atoms with Crippen molar-refractivity contribution in [2.45, 2.75) is 13.3 Å². The van der Waals surface area contributed by atoms with Crippen molar-refractivity contribution < 1.29 is 14.3 Å². The van der Waals surface area contributed by atoms with E-state index in [0.717, 1.165) is 17.8 Å². The molecule has 0 fully saturated rings. The molecule has 0 atom stereocenters. The molecule has 2 amide bonds. The third-order valence-corrected chi connectivity index (χ3v) is 4.80. The summed E-state index contributed by atoms with van der Waals surface area (Å²) in [7, 11) is 1.72. The van der Waals surface area contributed by atoms with Crippen molar-refractivity contribution in [3.05, 3.63) is 84.4 Å². The minimum atomic E-state index is -0.161. The van der Waals surface area contributed by atoms with Gasteiger partial charge in [-0.05, 0) is 42.0 Å². The number of nitrogens with one attached hydrogen (secondary N) is 2. The van der Waals surface area contributed by atoms with E-state index in [1.54, 1.807) is 11.9 Å². The van der Waals surface area contributed by atoms with Crippen LogP contribution >= 0.6 is 0 Å². The fourth-order valence-corrected chi connectivity index (χ4v) is 2.97. The normalized spacial score (nSPS) is 10.3. The highest BCUT2D eigenvalue weighted by Crippen LogP contribution is 2.19. The molecule has 0 aliphatic heterocycles. The molecule has 0 aliphatic carbocycles. The Hall–Kier alpha value is -3.80. The number of benzene rings is 3. The van der Waals surface area contributed by atoms with Crippen molar-refractivity contribution in [2.75, 3.05) is 35.7 Å². The number of hydrogen-bond acceptors (Lipinski definition) is 4. The highest BCUT2D eigenvalue weighted by molar-refractivity contribution is 5.94. The molecule has 3 rings (SSSR count). The Morgan fingerprint density at radius 3 is 2.35 bits per heavy atom. The molecular formula is C25H27N3O3. The van der Waals surface area contributed by atoms with Gasteiger partial charge < -0.3 is 20.3 Å². The molecule has 0 aliphatic rings. The molecular weight excluding hydrogens is 390 g/mol. The second kappa shape index (κ2) is 10.8. The lowest BCUT2D eigenvalue weighted by Gasteiger charge is -2.15. The number of amides is 2. The first-order valence-electron chi connectivity index (χ1n) is 10.2. The fraction of sp³-hybridized carbons (Fsp3) is 0.200. The van der Waals surface area contributed by atoms with Crippen molar-refractivity contribution >= 4 is 28.9 Å². The Labute approximate surface area is 182 Å². The van der Waals surface area contributed by atoms with Crippen molar-refractivity contribution in [1.82, 2.24) is 0 Å². The summed E-state index contributed by atoms with van der Waals surface area (Å²) in [6.45, 7) is 2.21. The van der Waals surface area contributed by atoms with E-state index < -0.39 is 0 Å². The molecule has 0 unspecified atom stereocenters. The predicted molar refractivity (Wildman–Crippen MR) is 125 cm³/mol. The van der Waals surface area contributed by atoms with Crippen LogP contribution in [0.2, 0.25) is 0 Å². The van der Waals surface area contributed by atoms with Gasteiger partial charge in [0, 0.05) is 43.5 Å². The summed E-state index contributed by atoms with van der Waals surface area (Å²) >= 11 is 0. The average molecular weight is 418 g/mol. The van der Waals surface area contributed by atoms with Crippen LogP contribution in [0, 0.1) is 0 Å². The summed E-state index contributed by atoms with van der Waals surface area (Å²) in [6, 6.07) is 24.9. The Balaban J connectivity index is 1.46. The number of carbonyl (C=O) groups is 2. The highest BCUT2D eigenvalue weighted by atomic mass is 16.5. The number of anilines is 3. The number of ether oxygens (including phenoxy) is 1. The van der Waals surface area contributed by atoms with Gasteiger partial charge in [-0.2, -0.15) is 0 Å². The SMILES string of the molecule is CC(=O)N(C)c1ccc(NCC(=O)Nc2cccc(OCCc3ccccc3)c2)cc1. The van der Waals surface area contributed by atoms with Crippen LogP contribution in [0.25, 0.3) is 0 Å². The smallest absolute Gasteiger partial charge is 0.243 e. The third-order valence-electron chi connectivity index (χ3n) is 4.80. The Kier molecular flexibility index (Phi) is 7.65. The zero-order valence-electron chi connectivity index (χ0n) is 17.8. The van der Waals surface area contributed by atoms with Crippen LogP contribution in [0.3, 0.4) is 0 Å². The summed E-state index contributed by atoms with van der Waals surface area (Å²) in [4.78, 5) is 25.3. The molecule has 0 saturated carbocycles. The van der Waals surface area contributed by atoms with Gasteiger partial charge in [0.15, 0.2) is 0 Å². The second-order valence-corrected chi connectivity index (χ2v) is 7.14. The molecule has 6 nitrogen and oxygen atoms in total. The van der Waals surface area contributed by atoms with Gasteiger partial charge in [-0.3, -0.25) is 9.59 Å². The molecule has 0 saturated heterocycles. The van der Waals surface area contributed by atoms with Crippen molar-refractivity contribution in [3.8, 4) is 5.75 Å². The first-order chi connectivity index (χ1) is 15.0. The maximum absolute atomic E-state index is 12.3. The Bertz CT molecular complexity index is 1000. The minimum Gasteiger partial charge on any atom is -0.493 e. The van der Waals surface area contributed by atoms with Crippen LogP contribution in [-0.4, -0.2) is 32.0 Å². The summed E-state index contributed by atoms with van der Waals surface area (Å²) < 4.78 is 5.81. The van der Waals surface area contributed by atoms with Gasteiger partial charge in [0.1, 0.15) is 5.75 Å². The number of hydrogen-bond donors (Lipinski definition) is 2. The molecule has 3 aromatic rings. The van der Waals surface area contributed by atoms with E-state index in [2.05, 4.69) is 22.8 Å². The minimum absolute atomic E-state index is 0.0358. The maximum Gasteiger partial charge on any atom is 0.243 e. The Morgan fingerprint density at radius 2 is 1.65 bits per heavy atom. The van der Waals surface area contributed by atoms with Crippen LogP contribution in [0.5, 0.6) is 5.75 Å². The molecule has 160 valence electrons. The van der Waals surface area contributed by atoms with Crippen LogP contribution < -0.4 is 20.3 Å². The molecule has 2 N–H and O–H groups in total. The molecule has 6 heteroatoms. The van der Waals surface area contributed by atoms with E-state index in [-0.39, 0.29) is 18.4 Å². The van der Waals surface area contributed by atoms with Crippen molar-refractivity contribution in [2.24, 2.45) is 0 Å². The van der Waals surface area contributed by atoms with Crippen molar-refractivity contribution in [1.29, 1.82) is 0 Å². The van der Waals surface area contributed by atoms with Crippen LogP contribution in [0.15, 0.2) is 78.9 Å². The topological polar surface area (TPSA) is 70.7 Å². The largest absolute Gasteiger partial charge is 0.493 e. The number of nitrogens with zero attached hydrogens (tertiary/aromatic N) is 1. The van der Waals surface area contributed by atoms with E-state index in [4.69, 9.17) is 4.74 Å². The number of carbonyl (C=O) groups excluding carboxylic acids is 2. The van der Waals surface area contributed by atoms with E-state index in [1.807, 2.05) is 66.7 Å². The lowest BCUT2D eigenvalue weighted by Crippen LogP contribution is -2.23. The lowest BCUT2D eigenvalue weighted by molar-refractivity contribution is -0.116. The summed E-state index contributed by atoms with van der Waals surface area (Å²) in [5.41, 5.74) is 3.50. The molecule has 31 heavy (non-hydrogen) atoms. The van der Waals surface area contributed by atoms with Crippen LogP contribution in [0.4, 0.5) is 17.1 Å². The standard InChI is InChI=1S/C25H27N3O3/c1-19(29)28(2)23-13-11-21(12-14-23)26-18-25(30)27-22-9-6-10-24(17-22)31-16-15-20-7-4-3-5-8-20/h3-14,17,26H,15-16,18H2,1-2H3,(H,27,30). The van der Waals surface area contributed by atoms with Crippen molar-refractivity contribution in [3.63, 3.8) is 0 Å². The monoisotopic (exact) mass is 417 g/mol. The second-order valence-electron chi connectivity index (χ2n) is 7.14. The lowest BCUT2D eigenvalue weighted by atomic mass is 10.2. The van der Waals surface area contributed by atoms with Crippen LogP contribution in [-0.2, 0) is 16.0 Å². The molecule has 0 aromatic heterocycles. The third kappa shape index (κ3) is 6.89. The van der Waals surface area contributed by atoms with Gasteiger partial charge >= 0.3 is 0 Å². The van der Waals surface area contributed by atoms with Gasteiger partial charge in [-0.25, -0.2) is 0 Å². The molecule has 0 heterocycles. The average Bonchev–Trinajstić information content (AvgIpc) is 2.78. The molecule has 0 bridgehead atoms. The van der Waals surface area contributed by atoms with Crippen LogP contribution in [0.1, 0.15) is 12.5 Å². The zero-order chi connectivity index (χ0) is 22.1. The van der Waals surface area contributed by atoms with Gasteiger partial charge in [-0.1, -0.05) is 36.4 Å².